The van der Waals surface area contributed by atoms with Crippen LogP contribution in [0.2, 0.25) is 0 Å². The number of rotatable bonds is 2. The number of nitrogens with one attached hydrogen (secondary N) is 1. The lowest BCUT2D eigenvalue weighted by molar-refractivity contribution is 0.102. The van der Waals surface area contributed by atoms with Gasteiger partial charge in [0, 0.05) is 6.07 Å². The van der Waals surface area contributed by atoms with Crippen molar-refractivity contribution >= 4 is 11.6 Å². The molecule has 0 saturated carbocycles. The van der Waals surface area contributed by atoms with Crippen molar-refractivity contribution in [1.29, 1.82) is 0 Å². The highest BCUT2D eigenvalue weighted by Crippen LogP contribution is 2.29. The van der Waals surface area contributed by atoms with E-state index in [9.17, 15) is 32.6 Å². The number of carbonyl (C=O) groups is 1. The van der Waals surface area contributed by atoms with Crippen LogP contribution in [0.15, 0.2) is 24.3 Å². The molecule has 0 unspecified atom stereocenters. The molecule has 0 radical (unpaired) electrons. The molecule has 0 bridgehead atoms. The van der Waals surface area contributed by atoms with Gasteiger partial charge in [0.25, 0.3) is 5.91 Å². The Balaban J connectivity index is 2.46. The molecule has 0 saturated heterocycles. The first kappa shape index (κ1) is 14.6. The number of halogens is 4. The predicted octanol–water partition coefficient (Wildman–Crippen LogP) is 2.91. The molecular formula is C13H7F4NO3. The Kier molecular flexibility index (Phi) is 3.70. The zero-order valence-electron chi connectivity index (χ0n) is 10.1. The molecule has 0 atom stereocenters. The van der Waals surface area contributed by atoms with Crippen LogP contribution in [-0.2, 0) is 0 Å². The standard InChI is InChI=1S/C13H7F4NO3/c14-5-4-6(15)11(17)12(10(5)16)18-13(21)9-7(19)2-1-3-8(9)20/h1-4,19-20H,(H,18,21). The van der Waals surface area contributed by atoms with Crippen LogP contribution < -0.4 is 5.32 Å². The Morgan fingerprint density at radius 1 is 0.952 bits per heavy atom. The van der Waals surface area contributed by atoms with Crippen LogP contribution in [-0.4, -0.2) is 16.1 Å². The number of aromatic hydroxyl groups is 2. The summed E-state index contributed by atoms with van der Waals surface area (Å²) in [4.78, 5) is 11.8. The van der Waals surface area contributed by atoms with E-state index < -0.39 is 51.9 Å². The molecular weight excluding hydrogens is 294 g/mol. The van der Waals surface area contributed by atoms with Gasteiger partial charge in [-0.15, -0.1) is 0 Å². The first-order chi connectivity index (χ1) is 9.82. The van der Waals surface area contributed by atoms with E-state index >= 15 is 0 Å². The first-order valence-electron chi connectivity index (χ1n) is 5.48. The molecule has 0 aliphatic heterocycles. The second-order valence-electron chi connectivity index (χ2n) is 3.97. The lowest BCUT2D eigenvalue weighted by atomic mass is 10.1. The highest BCUT2D eigenvalue weighted by atomic mass is 19.2. The summed E-state index contributed by atoms with van der Waals surface area (Å²) in [5.41, 5.74) is -2.05. The summed E-state index contributed by atoms with van der Waals surface area (Å²) in [5.74, 6) is -9.71. The van der Waals surface area contributed by atoms with Crippen LogP contribution in [0, 0.1) is 23.3 Å². The molecule has 0 fully saturated rings. The van der Waals surface area contributed by atoms with E-state index in [1.54, 1.807) is 5.32 Å². The smallest absolute Gasteiger partial charge is 0.263 e. The fourth-order valence-corrected chi connectivity index (χ4v) is 1.62. The average molecular weight is 301 g/mol. The number of phenols is 2. The summed E-state index contributed by atoms with van der Waals surface area (Å²) < 4.78 is 52.8. The summed E-state index contributed by atoms with van der Waals surface area (Å²) in [5, 5.41) is 20.4. The van der Waals surface area contributed by atoms with Crippen LogP contribution in [0.5, 0.6) is 11.5 Å². The molecule has 2 aromatic carbocycles. The third kappa shape index (κ3) is 2.60. The highest BCUT2D eigenvalue weighted by molar-refractivity contribution is 6.08. The minimum atomic E-state index is -1.81. The van der Waals surface area contributed by atoms with E-state index in [1.165, 1.54) is 6.07 Å². The van der Waals surface area contributed by atoms with E-state index in [0.717, 1.165) is 12.1 Å². The van der Waals surface area contributed by atoms with E-state index in [4.69, 9.17) is 0 Å². The summed E-state index contributed by atoms with van der Waals surface area (Å²) >= 11 is 0. The monoisotopic (exact) mass is 301 g/mol. The minimum absolute atomic E-state index is 0.0161. The van der Waals surface area contributed by atoms with Gasteiger partial charge in [0.2, 0.25) is 0 Å². The molecule has 3 N–H and O–H groups in total. The summed E-state index contributed by atoms with van der Waals surface area (Å²) in [7, 11) is 0. The van der Waals surface area contributed by atoms with Gasteiger partial charge in [-0.2, -0.15) is 0 Å². The van der Waals surface area contributed by atoms with Crippen molar-refractivity contribution in [3.63, 3.8) is 0 Å². The number of amides is 1. The van der Waals surface area contributed by atoms with E-state index in [0.29, 0.717) is 0 Å². The third-order valence-electron chi connectivity index (χ3n) is 2.60. The van der Waals surface area contributed by atoms with E-state index in [-0.39, 0.29) is 6.07 Å². The van der Waals surface area contributed by atoms with Crippen LogP contribution in [0.1, 0.15) is 10.4 Å². The number of carbonyl (C=O) groups excluding carboxylic acids is 1. The zero-order chi connectivity index (χ0) is 15.7. The fourth-order valence-electron chi connectivity index (χ4n) is 1.62. The van der Waals surface area contributed by atoms with Gasteiger partial charge >= 0.3 is 0 Å². The predicted molar refractivity (Wildman–Crippen MR) is 64.0 cm³/mol. The molecule has 2 aromatic rings. The van der Waals surface area contributed by atoms with Crippen LogP contribution >= 0.6 is 0 Å². The Morgan fingerprint density at radius 2 is 1.43 bits per heavy atom. The number of phenolic OH excluding ortho intramolecular Hbond substituents is 2. The van der Waals surface area contributed by atoms with Crippen LogP contribution in [0.3, 0.4) is 0 Å². The number of anilines is 1. The Morgan fingerprint density at radius 3 is 1.90 bits per heavy atom. The Bertz CT molecular complexity index is 687. The molecule has 110 valence electrons. The van der Waals surface area contributed by atoms with Crippen LogP contribution in [0.25, 0.3) is 0 Å². The van der Waals surface area contributed by atoms with Crippen molar-refractivity contribution < 1.29 is 32.6 Å². The van der Waals surface area contributed by atoms with E-state index in [2.05, 4.69) is 0 Å². The maximum Gasteiger partial charge on any atom is 0.263 e. The van der Waals surface area contributed by atoms with Crippen molar-refractivity contribution in [3.8, 4) is 11.5 Å². The molecule has 8 heteroatoms. The second kappa shape index (κ2) is 5.31. The zero-order valence-corrected chi connectivity index (χ0v) is 10.1. The lowest BCUT2D eigenvalue weighted by Crippen LogP contribution is -2.16. The van der Waals surface area contributed by atoms with Gasteiger partial charge in [0.1, 0.15) is 22.7 Å². The molecule has 0 aliphatic rings. The topological polar surface area (TPSA) is 69.6 Å². The molecule has 0 aliphatic carbocycles. The largest absolute Gasteiger partial charge is 0.507 e. The maximum atomic E-state index is 13.4. The second-order valence-corrected chi connectivity index (χ2v) is 3.97. The van der Waals surface area contributed by atoms with Gasteiger partial charge in [-0.05, 0) is 12.1 Å². The van der Waals surface area contributed by atoms with Gasteiger partial charge in [-0.3, -0.25) is 4.79 Å². The van der Waals surface area contributed by atoms with E-state index in [1.807, 2.05) is 0 Å². The SMILES string of the molecule is O=C(Nc1c(F)c(F)cc(F)c1F)c1c(O)cccc1O. The number of benzene rings is 2. The molecule has 0 heterocycles. The maximum absolute atomic E-state index is 13.4. The van der Waals surface area contributed by atoms with Crippen molar-refractivity contribution in [1.82, 2.24) is 0 Å². The Labute approximate surface area is 115 Å². The van der Waals surface area contributed by atoms with Gasteiger partial charge < -0.3 is 15.5 Å². The minimum Gasteiger partial charge on any atom is -0.507 e. The fraction of sp³-hybridized carbons (Fsp3) is 0. The number of hydrogen-bond donors (Lipinski definition) is 3. The summed E-state index contributed by atoms with van der Waals surface area (Å²) in [6.45, 7) is 0. The average Bonchev–Trinajstić information content (AvgIpc) is 2.41. The van der Waals surface area contributed by atoms with Crippen molar-refractivity contribution in [2.24, 2.45) is 0 Å². The molecule has 21 heavy (non-hydrogen) atoms. The lowest BCUT2D eigenvalue weighted by Gasteiger charge is -2.10. The molecule has 4 nitrogen and oxygen atoms in total. The van der Waals surface area contributed by atoms with Gasteiger partial charge in [-0.1, -0.05) is 6.07 Å². The van der Waals surface area contributed by atoms with Crippen molar-refractivity contribution in [2.45, 2.75) is 0 Å². The quantitative estimate of drug-likeness (QED) is 0.590. The van der Waals surface area contributed by atoms with Crippen LogP contribution in [0.4, 0.5) is 23.2 Å². The molecule has 0 spiro atoms. The molecule has 2 rings (SSSR count). The summed E-state index contributed by atoms with van der Waals surface area (Å²) in [6.07, 6.45) is 0. The highest BCUT2D eigenvalue weighted by Gasteiger charge is 2.23. The summed E-state index contributed by atoms with van der Waals surface area (Å²) in [6, 6.07) is 3.27. The van der Waals surface area contributed by atoms with Crippen molar-refractivity contribution in [2.75, 3.05) is 5.32 Å². The first-order valence-corrected chi connectivity index (χ1v) is 5.48. The molecule has 0 aromatic heterocycles. The van der Waals surface area contributed by atoms with Gasteiger partial charge in [0.05, 0.1) is 0 Å². The number of hydrogen-bond acceptors (Lipinski definition) is 3. The third-order valence-corrected chi connectivity index (χ3v) is 2.60. The normalized spacial score (nSPS) is 10.5. The Hall–Kier alpha value is -2.77. The molecule has 1 amide bonds. The van der Waals surface area contributed by atoms with Gasteiger partial charge in [0.15, 0.2) is 23.3 Å². The van der Waals surface area contributed by atoms with Gasteiger partial charge in [-0.25, -0.2) is 17.6 Å². The van der Waals surface area contributed by atoms with Crippen molar-refractivity contribution in [3.05, 3.63) is 53.1 Å².